The van der Waals surface area contributed by atoms with E-state index in [9.17, 15) is 0 Å². The Balaban J connectivity index is 5.60. The van der Waals surface area contributed by atoms with Crippen LogP contribution < -0.4 is 0 Å². The molecule has 0 spiro atoms. The summed E-state index contributed by atoms with van der Waals surface area (Å²) in [6.07, 6.45) is 2.10. The lowest BCUT2D eigenvalue weighted by Crippen LogP contribution is -2.59. The van der Waals surface area contributed by atoms with Gasteiger partial charge in [0.2, 0.25) is 16.6 Å². The van der Waals surface area contributed by atoms with Crippen LogP contribution in [-0.4, -0.2) is 60.1 Å². The fourth-order valence-corrected chi connectivity index (χ4v) is 22.3. The fraction of sp³-hybridized carbons (Fsp3) is 1.00. The summed E-state index contributed by atoms with van der Waals surface area (Å²) in [5, 5.41) is 0. The molecule has 0 bridgehead atoms. The van der Waals surface area contributed by atoms with E-state index in [-0.39, 0.29) is 17.1 Å². The highest BCUT2D eigenvalue weighted by molar-refractivity contribution is 6.80. The van der Waals surface area contributed by atoms with E-state index in [1.54, 1.807) is 0 Å². The van der Waals surface area contributed by atoms with Crippen molar-refractivity contribution in [1.29, 1.82) is 0 Å². The molecule has 30 heavy (non-hydrogen) atoms. The third kappa shape index (κ3) is 9.42. The van der Waals surface area contributed by atoms with Crippen molar-refractivity contribution < 1.29 is 17.4 Å². The van der Waals surface area contributed by atoms with Crippen molar-refractivity contribution in [3.63, 3.8) is 0 Å². The van der Waals surface area contributed by atoms with Crippen LogP contribution in [0.25, 0.3) is 0 Å². The van der Waals surface area contributed by atoms with E-state index in [0.717, 1.165) is 12.8 Å². The molecule has 0 rings (SSSR count). The average Bonchev–Trinajstić information content (AvgIpc) is 2.49. The Morgan fingerprint density at radius 3 is 1.63 bits per heavy atom. The van der Waals surface area contributed by atoms with Crippen molar-refractivity contribution in [2.45, 2.75) is 136 Å². The summed E-state index contributed by atoms with van der Waals surface area (Å²) >= 11 is 0. The molecule has 0 aliphatic rings. The van der Waals surface area contributed by atoms with E-state index < -0.39 is 43.0 Å². The van der Waals surface area contributed by atoms with E-state index >= 15 is 0 Å². The molecule has 0 saturated heterocycles. The monoisotopic (exact) mass is 510 g/mol. The van der Waals surface area contributed by atoms with Crippen LogP contribution in [0.2, 0.25) is 71.0 Å². The first-order chi connectivity index (χ1) is 13.3. The Hall–Kier alpha value is 0.924. The molecule has 0 heterocycles. The minimum atomic E-state index is -2.03. The van der Waals surface area contributed by atoms with E-state index in [1.807, 2.05) is 0 Å². The van der Waals surface area contributed by atoms with Gasteiger partial charge in [-0.2, -0.15) is 0 Å². The summed E-state index contributed by atoms with van der Waals surface area (Å²) in [6.45, 7) is 34.4. The molecule has 182 valence electrons. The molecule has 0 N–H and O–H groups in total. The lowest BCUT2D eigenvalue weighted by atomic mass is 10.0. The van der Waals surface area contributed by atoms with Gasteiger partial charge >= 0.3 is 0 Å². The molecule has 9 heteroatoms. The van der Waals surface area contributed by atoms with Crippen molar-refractivity contribution in [2.75, 3.05) is 0 Å². The predicted octanol–water partition coefficient (Wildman–Crippen LogP) is 6.44. The standard InChI is InChI=1S/C21H54O4Si5/c1-16-19(29(12,13)23-18(3)28(10,11)25-27(8)9)21(4,5)24-30(14,15)20(17-2)22-26(6)7/h18-20,26-27H,16-17H2,1-15H3. The van der Waals surface area contributed by atoms with Crippen LogP contribution in [0.5, 0.6) is 0 Å². The van der Waals surface area contributed by atoms with Gasteiger partial charge in [-0.25, -0.2) is 0 Å². The molecule has 0 fully saturated rings. The van der Waals surface area contributed by atoms with E-state index in [2.05, 4.69) is 100 Å². The molecule has 4 nitrogen and oxygen atoms in total. The quantitative estimate of drug-likeness (QED) is 0.252. The highest BCUT2D eigenvalue weighted by atomic mass is 28.4. The third-order valence-electron chi connectivity index (χ3n) is 6.19. The van der Waals surface area contributed by atoms with Gasteiger partial charge in [-0.15, -0.1) is 0 Å². The van der Waals surface area contributed by atoms with Crippen molar-refractivity contribution in [3.05, 3.63) is 0 Å². The largest absolute Gasteiger partial charge is 0.457 e. The van der Waals surface area contributed by atoms with Crippen molar-refractivity contribution in [2.24, 2.45) is 0 Å². The van der Waals surface area contributed by atoms with Crippen LogP contribution in [0.15, 0.2) is 0 Å². The topological polar surface area (TPSA) is 36.9 Å². The minimum absolute atomic E-state index is 0.197. The maximum Gasteiger partial charge on any atom is 0.214 e. The van der Waals surface area contributed by atoms with Gasteiger partial charge in [-0.3, -0.25) is 0 Å². The summed E-state index contributed by atoms with van der Waals surface area (Å²) in [6, 6.07) is 0. The normalized spacial score (nSPS) is 17.5. The van der Waals surface area contributed by atoms with Gasteiger partial charge in [0.25, 0.3) is 0 Å². The summed E-state index contributed by atoms with van der Waals surface area (Å²) < 4.78 is 26.8. The second-order valence-electron chi connectivity index (χ2n) is 11.5. The van der Waals surface area contributed by atoms with Crippen LogP contribution in [0.3, 0.4) is 0 Å². The first-order valence-electron chi connectivity index (χ1n) is 12.0. The molecular weight excluding hydrogens is 457 g/mol. The first kappa shape index (κ1) is 30.9. The zero-order valence-electron chi connectivity index (χ0n) is 22.9. The fourth-order valence-electron chi connectivity index (χ4n) is 5.10. The second kappa shape index (κ2) is 11.9. The van der Waals surface area contributed by atoms with Crippen molar-refractivity contribution >= 4 is 43.0 Å². The number of rotatable bonds is 14. The highest BCUT2D eigenvalue weighted by Gasteiger charge is 2.49. The SMILES string of the molecule is CCC(O[SiH](C)C)[Si](C)(C)OC(C)(C)C(CC)[Si](C)(C)OC(C)[Si](C)(C)O[SiH](C)C. The smallest absolute Gasteiger partial charge is 0.214 e. The summed E-state index contributed by atoms with van der Waals surface area (Å²) in [7, 11) is -8.08. The predicted molar refractivity (Wildman–Crippen MR) is 146 cm³/mol. The summed E-state index contributed by atoms with van der Waals surface area (Å²) in [5.74, 6) is 0. The van der Waals surface area contributed by atoms with E-state index in [1.165, 1.54) is 0 Å². The van der Waals surface area contributed by atoms with Crippen LogP contribution >= 0.6 is 0 Å². The van der Waals surface area contributed by atoms with Gasteiger partial charge in [0.05, 0.1) is 17.1 Å². The van der Waals surface area contributed by atoms with E-state index in [4.69, 9.17) is 17.4 Å². The molecule has 3 unspecified atom stereocenters. The van der Waals surface area contributed by atoms with Gasteiger partial charge < -0.3 is 17.4 Å². The van der Waals surface area contributed by atoms with Crippen LogP contribution in [0.1, 0.15) is 47.5 Å². The number of hydrogen-bond acceptors (Lipinski definition) is 4. The molecule has 0 aliphatic heterocycles. The molecule has 0 aromatic heterocycles. The molecule has 0 aromatic carbocycles. The Bertz CT molecular complexity index is 510. The third-order valence-corrected chi connectivity index (χ3v) is 20.9. The second-order valence-corrected chi connectivity index (χ2v) is 29.1. The van der Waals surface area contributed by atoms with Crippen LogP contribution in [0, 0.1) is 0 Å². The lowest BCUT2D eigenvalue weighted by Gasteiger charge is -2.49. The first-order valence-corrected chi connectivity index (χ1v) is 26.5. The number of hydrogen-bond donors (Lipinski definition) is 0. The molecule has 0 radical (unpaired) electrons. The van der Waals surface area contributed by atoms with Gasteiger partial charge in [0.15, 0.2) is 26.4 Å². The van der Waals surface area contributed by atoms with Gasteiger partial charge in [-0.1, -0.05) is 20.3 Å². The van der Waals surface area contributed by atoms with Gasteiger partial charge in [-0.05, 0) is 92.7 Å². The van der Waals surface area contributed by atoms with Crippen molar-refractivity contribution in [1.82, 2.24) is 0 Å². The highest BCUT2D eigenvalue weighted by Crippen LogP contribution is 2.42. The average molecular weight is 511 g/mol. The zero-order chi connectivity index (χ0) is 24.1. The molecule has 3 atom stereocenters. The van der Waals surface area contributed by atoms with Gasteiger partial charge in [0, 0.05) is 5.54 Å². The molecule has 0 amide bonds. The van der Waals surface area contributed by atoms with E-state index in [0.29, 0.717) is 5.54 Å². The molecule has 0 saturated carbocycles. The van der Waals surface area contributed by atoms with Gasteiger partial charge in [0.1, 0.15) is 0 Å². The van der Waals surface area contributed by atoms with Crippen LogP contribution in [0.4, 0.5) is 0 Å². The molecule has 0 aromatic rings. The Morgan fingerprint density at radius 2 is 1.27 bits per heavy atom. The summed E-state index contributed by atoms with van der Waals surface area (Å²) in [5.41, 5.74) is 0.646. The maximum absolute atomic E-state index is 7.03. The minimum Gasteiger partial charge on any atom is -0.457 e. The van der Waals surface area contributed by atoms with Crippen molar-refractivity contribution in [3.8, 4) is 0 Å². The Labute approximate surface area is 195 Å². The maximum atomic E-state index is 7.03. The molecular formula is C21H54O4Si5. The lowest BCUT2D eigenvalue weighted by molar-refractivity contribution is 0.0611. The van der Waals surface area contributed by atoms with Crippen LogP contribution in [-0.2, 0) is 17.4 Å². The zero-order valence-corrected chi connectivity index (χ0v) is 28.2. The Kier molecular flexibility index (Phi) is 12.2. The Morgan fingerprint density at radius 1 is 0.767 bits per heavy atom. The molecule has 0 aliphatic carbocycles. The summed E-state index contributed by atoms with van der Waals surface area (Å²) in [4.78, 5) is 0.